The van der Waals surface area contributed by atoms with Crippen molar-refractivity contribution >= 4 is 27.5 Å². The van der Waals surface area contributed by atoms with E-state index in [0.717, 1.165) is 28.7 Å². The number of nitrogens with one attached hydrogen (secondary N) is 1. The molecule has 0 amide bonds. The molecule has 0 spiro atoms. The Bertz CT molecular complexity index is 427. The molecule has 0 heterocycles. The first-order chi connectivity index (χ1) is 8.15. The molecule has 1 aliphatic rings. The van der Waals surface area contributed by atoms with Crippen LogP contribution in [0.15, 0.2) is 22.7 Å². The number of benzene rings is 1. The Labute approximate surface area is 111 Å². The van der Waals surface area contributed by atoms with Crippen LogP contribution in [0.4, 0.5) is 5.69 Å². The summed E-state index contributed by atoms with van der Waals surface area (Å²) in [7, 11) is 0. The molecule has 0 saturated heterocycles. The third-order valence-corrected chi connectivity index (χ3v) is 3.68. The van der Waals surface area contributed by atoms with Crippen LogP contribution in [0.3, 0.4) is 0 Å². The SMILES string of the molecule is CCCN(c1cccc(Br)c1C(=N)N)C1CC1. The van der Waals surface area contributed by atoms with E-state index in [1.165, 1.54) is 12.8 Å². The van der Waals surface area contributed by atoms with Crippen molar-refractivity contribution in [2.24, 2.45) is 5.73 Å². The Morgan fingerprint density at radius 3 is 2.76 bits per heavy atom. The largest absolute Gasteiger partial charge is 0.384 e. The van der Waals surface area contributed by atoms with Crippen molar-refractivity contribution in [3.8, 4) is 0 Å². The van der Waals surface area contributed by atoms with Crippen LogP contribution >= 0.6 is 15.9 Å². The van der Waals surface area contributed by atoms with Crippen LogP contribution in [0, 0.1) is 5.41 Å². The molecule has 1 aromatic rings. The predicted molar refractivity (Wildman–Crippen MR) is 75.8 cm³/mol. The van der Waals surface area contributed by atoms with Crippen LogP contribution in [0.2, 0.25) is 0 Å². The summed E-state index contributed by atoms with van der Waals surface area (Å²) >= 11 is 3.49. The number of hydrogen-bond donors (Lipinski definition) is 2. The van der Waals surface area contributed by atoms with E-state index in [9.17, 15) is 0 Å². The van der Waals surface area contributed by atoms with Gasteiger partial charge in [-0.2, -0.15) is 0 Å². The van der Waals surface area contributed by atoms with Gasteiger partial charge in [0.25, 0.3) is 0 Å². The van der Waals surface area contributed by atoms with E-state index in [1.807, 2.05) is 12.1 Å². The van der Waals surface area contributed by atoms with Gasteiger partial charge in [0.15, 0.2) is 0 Å². The van der Waals surface area contributed by atoms with Gasteiger partial charge in [-0.25, -0.2) is 0 Å². The van der Waals surface area contributed by atoms with E-state index < -0.39 is 0 Å². The molecule has 17 heavy (non-hydrogen) atoms. The first kappa shape index (κ1) is 12.4. The van der Waals surface area contributed by atoms with Crippen molar-refractivity contribution in [1.29, 1.82) is 5.41 Å². The zero-order valence-corrected chi connectivity index (χ0v) is 11.6. The summed E-state index contributed by atoms with van der Waals surface area (Å²) in [6, 6.07) is 6.66. The number of nitrogens with zero attached hydrogens (tertiary/aromatic N) is 1. The fourth-order valence-corrected chi connectivity index (χ4v) is 2.71. The number of anilines is 1. The molecule has 92 valence electrons. The number of nitrogen functional groups attached to an aromatic ring is 1. The highest BCUT2D eigenvalue weighted by Gasteiger charge is 2.30. The minimum Gasteiger partial charge on any atom is -0.384 e. The number of rotatable bonds is 5. The smallest absolute Gasteiger partial charge is 0.126 e. The van der Waals surface area contributed by atoms with Crippen LogP contribution in [0.1, 0.15) is 31.7 Å². The van der Waals surface area contributed by atoms with E-state index >= 15 is 0 Å². The van der Waals surface area contributed by atoms with E-state index in [1.54, 1.807) is 0 Å². The zero-order chi connectivity index (χ0) is 12.4. The highest BCUT2D eigenvalue weighted by Crippen LogP contribution is 2.35. The molecule has 1 aliphatic carbocycles. The number of hydrogen-bond acceptors (Lipinski definition) is 2. The molecule has 1 fully saturated rings. The van der Waals surface area contributed by atoms with Crippen LogP contribution in [-0.2, 0) is 0 Å². The fourth-order valence-electron chi connectivity index (χ4n) is 2.15. The van der Waals surface area contributed by atoms with E-state index in [2.05, 4.69) is 33.8 Å². The van der Waals surface area contributed by atoms with Gasteiger partial charge in [0.05, 0.1) is 5.56 Å². The van der Waals surface area contributed by atoms with E-state index in [0.29, 0.717) is 6.04 Å². The van der Waals surface area contributed by atoms with Crippen LogP contribution < -0.4 is 10.6 Å². The summed E-state index contributed by atoms with van der Waals surface area (Å²) in [5.41, 5.74) is 7.62. The molecule has 0 aliphatic heterocycles. The number of halogens is 1. The van der Waals surface area contributed by atoms with Crippen molar-refractivity contribution in [2.75, 3.05) is 11.4 Å². The van der Waals surface area contributed by atoms with Gasteiger partial charge in [-0.05, 0) is 47.3 Å². The predicted octanol–water partition coefficient (Wildman–Crippen LogP) is 3.11. The molecular weight excluding hydrogens is 278 g/mol. The van der Waals surface area contributed by atoms with E-state index in [4.69, 9.17) is 11.1 Å². The average molecular weight is 296 g/mol. The molecule has 1 saturated carbocycles. The summed E-state index contributed by atoms with van der Waals surface area (Å²) in [5, 5.41) is 7.73. The first-order valence-electron chi connectivity index (χ1n) is 6.04. The molecule has 0 bridgehead atoms. The van der Waals surface area contributed by atoms with Crippen LogP contribution in [0.25, 0.3) is 0 Å². The molecule has 2 rings (SSSR count). The lowest BCUT2D eigenvalue weighted by Gasteiger charge is -2.27. The molecule has 1 aromatic carbocycles. The normalized spacial score (nSPS) is 14.7. The van der Waals surface area contributed by atoms with Crippen molar-refractivity contribution in [3.63, 3.8) is 0 Å². The van der Waals surface area contributed by atoms with Gasteiger partial charge in [0, 0.05) is 22.7 Å². The molecular formula is C13H18BrN3. The molecule has 0 unspecified atom stereocenters. The summed E-state index contributed by atoms with van der Waals surface area (Å²) in [5.74, 6) is 0.134. The van der Waals surface area contributed by atoms with Crippen molar-refractivity contribution in [2.45, 2.75) is 32.2 Å². The second-order valence-electron chi connectivity index (χ2n) is 4.47. The minimum atomic E-state index is 0.134. The highest BCUT2D eigenvalue weighted by atomic mass is 79.9. The van der Waals surface area contributed by atoms with Crippen LogP contribution in [0.5, 0.6) is 0 Å². The Morgan fingerprint density at radius 1 is 1.53 bits per heavy atom. The molecule has 0 radical (unpaired) electrons. The van der Waals surface area contributed by atoms with Gasteiger partial charge in [-0.15, -0.1) is 0 Å². The third-order valence-electron chi connectivity index (χ3n) is 3.02. The Hall–Kier alpha value is -1.03. The zero-order valence-electron chi connectivity index (χ0n) is 10.0. The van der Waals surface area contributed by atoms with Gasteiger partial charge in [0.2, 0.25) is 0 Å². The summed E-state index contributed by atoms with van der Waals surface area (Å²) in [6.45, 7) is 3.21. The topological polar surface area (TPSA) is 53.1 Å². The van der Waals surface area contributed by atoms with Gasteiger partial charge in [-0.1, -0.05) is 13.0 Å². The van der Waals surface area contributed by atoms with E-state index in [-0.39, 0.29) is 5.84 Å². The fraction of sp³-hybridized carbons (Fsp3) is 0.462. The maximum absolute atomic E-state index is 7.73. The maximum Gasteiger partial charge on any atom is 0.126 e. The Kier molecular flexibility index (Phi) is 3.72. The quantitative estimate of drug-likeness (QED) is 0.648. The lowest BCUT2D eigenvalue weighted by atomic mass is 10.1. The van der Waals surface area contributed by atoms with Crippen LogP contribution in [-0.4, -0.2) is 18.4 Å². The number of nitrogens with two attached hydrogens (primary N) is 1. The monoisotopic (exact) mass is 295 g/mol. The standard InChI is InChI=1S/C13H18BrN3/c1-2-8-17(9-6-7-9)11-5-3-4-10(14)12(11)13(15)16/h3-5,9H,2,6-8H2,1H3,(H3,15,16). The molecule has 3 nitrogen and oxygen atoms in total. The minimum absolute atomic E-state index is 0.134. The molecule has 0 atom stereocenters. The first-order valence-corrected chi connectivity index (χ1v) is 6.84. The lowest BCUT2D eigenvalue weighted by molar-refractivity contribution is 0.762. The number of amidine groups is 1. The summed E-state index contributed by atoms with van der Waals surface area (Å²) in [4.78, 5) is 2.39. The summed E-state index contributed by atoms with van der Waals surface area (Å²) < 4.78 is 0.907. The average Bonchev–Trinajstić information content (AvgIpc) is 3.08. The van der Waals surface area contributed by atoms with Crippen molar-refractivity contribution < 1.29 is 0 Å². The second kappa shape index (κ2) is 5.08. The lowest BCUT2D eigenvalue weighted by Crippen LogP contribution is -2.29. The Balaban J connectivity index is 2.41. The molecule has 0 aromatic heterocycles. The highest BCUT2D eigenvalue weighted by molar-refractivity contribution is 9.10. The van der Waals surface area contributed by atoms with Gasteiger partial charge >= 0.3 is 0 Å². The maximum atomic E-state index is 7.73. The van der Waals surface area contributed by atoms with Gasteiger partial charge in [-0.3, -0.25) is 5.41 Å². The van der Waals surface area contributed by atoms with Gasteiger partial charge in [0.1, 0.15) is 5.84 Å². The third kappa shape index (κ3) is 2.63. The molecule has 4 heteroatoms. The second-order valence-corrected chi connectivity index (χ2v) is 5.33. The van der Waals surface area contributed by atoms with Gasteiger partial charge < -0.3 is 10.6 Å². The van der Waals surface area contributed by atoms with Crippen molar-refractivity contribution in [1.82, 2.24) is 0 Å². The van der Waals surface area contributed by atoms with Crippen molar-refractivity contribution in [3.05, 3.63) is 28.2 Å². The molecule has 3 N–H and O–H groups in total. The summed E-state index contributed by atoms with van der Waals surface area (Å²) in [6.07, 6.45) is 3.62. The Morgan fingerprint density at radius 2 is 2.24 bits per heavy atom.